The molecule has 0 atom stereocenters. The second-order valence-electron chi connectivity index (χ2n) is 3.49. The van der Waals surface area contributed by atoms with Crippen LogP contribution in [0.2, 0.25) is 0 Å². The van der Waals surface area contributed by atoms with Crippen molar-refractivity contribution in [2.75, 3.05) is 0 Å². The van der Waals surface area contributed by atoms with Crippen molar-refractivity contribution in [3.63, 3.8) is 0 Å². The van der Waals surface area contributed by atoms with Crippen LogP contribution in [0.1, 0.15) is 24.8 Å². The van der Waals surface area contributed by atoms with E-state index in [0.29, 0.717) is 0 Å². The summed E-state index contributed by atoms with van der Waals surface area (Å²) < 4.78 is 0. The number of aldehydes is 1. The third-order valence-corrected chi connectivity index (χ3v) is 2.82. The van der Waals surface area contributed by atoms with Crippen molar-refractivity contribution in [3.05, 3.63) is 35.9 Å². The average Bonchev–Trinajstić information content (AvgIpc) is 2.05. The summed E-state index contributed by atoms with van der Waals surface area (Å²) in [5.41, 5.74) is 1.06. The lowest BCUT2D eigenvalue weighted by Crippen LogP contribution is -2.35. The zero-order valence-corrected chi connectivity index (χ0v) is 8.22. The first kappa shape index (κ1) is 10.3. The first-order valence-corrected chi connectivity index (χ1v) is 4.39. The second-order valence-corrected chi connectivity index (χ2v) is 3.49. The minimum absolute atomic E-state index is 0. The summed E-state index contributed by atoms with van der Waals surface area (Å²) in [4.78, 5) is 10.9. The van der Waals surface area contributed by atoms with Crippen molar-refractivity contribution in [2.45, 2.75) is 24.7 Å². The van der Waals surface area contributed by atoms with Gasteiger partial charge in [0.1, 0.15) is 6.29 Å². The molecule has 0 spiro atoms. The summed E-state index contributed by atoms with van der Waals surface area (Å²) >= 11 is 0. The summed E-state index contributed by atoms with van der Waals surface area (Å²) in [5, 5.41) is 0. The fourth-order valence-corrected chi connectivity index (χ4v) is 1.80. The molecular formula is C11H13ClO. The molecule has 13 heavy (non-hydrogen) atoms. The first-order chi connectivity index (χ1) is 5.87. The lowest BCUT2D eigenvalue weighted by molar-refractivity contribution is -0.115. The van der Waals surface area contributed by atoms with Gasteiger partial charge in [-0.1, -0.05) is 36.8 Å². The lowest BCUT2D eigenvalue weighted by atomic mass is 9.66. The van der Waals surface area contributed by atoms with Crippen molar-refractivity contribution in [1.82, 2.24) is 0 Å². The summed E-state index contributed by atoms with van der Waals surface area (Å²) in [6.45, 7) is 0. The molecule has 0 heterocycles. The van der Waals surface area contributed by atoms with E-state index in [9.17, 15) is 4.79 Å². The Hall–Kier alpha value is -0.820. The molecule has 0 aliphatic heterocycles. The van der Waals surface area contributed by atoms with Gasteiger partial charge in [-0.05, 0) is 18.4 Å². The standard InChI is InChI=1S/C11H12O.ClH/c12-9-11(7-4-8-11)10-5-2-1-3-6-10;/h1-3,5-6,9H,4,7-8H2;1H. The minimum Gasteiger partial charge on any atom is -0.302 e. The van der Waals surface area contributed by atoms with Gasteiger partial charge in [-0.15, -0.1) is 12.4 Å². The lowest BCUT2D eigenvalue weighted by Gasteiger charge is -2.37. The highest BCUT2D eigenvalue weighted by atomic mass is 35.5. The summed E-state index contributed by atoms with van der Waals surface area (Å²) in [6.07, 6.45) is 4.36. The van der Waals surface area contributed by atoms with E-state index in [4.69, 9.17) is 0 Å². The molecule has 1 aliphatic carbocycles. The van der Waals surface area contributed by atoms with Crippen molar-refractivity contribution in [2.24, 2.45) is 0 Å². The van der Waals surface area contributed by atoms with Crippen molar-refractivity contribution in [3.8, 4) is 0 Å². The SMILES string of the molecule is Cl.O=CC1(c2ccccc2)CCC1. The number of rotatable bonds is 2. The van der Waals surface area contributed by atoms with Crippen LogP contribution in [-0.4, -0.2) is 6.29 Å². The van der Waals surface area contributed by atoms with Crippen LogP contribution in [-0.2, 0) is 10.2 Å². The van der Waals surface area contributed by atoms with E-state index in [-0.39, 0.29) is 17.8 Å². The van der Waals surface area contributed by atoms with Gasteiger partial charge in [-0.3, -0.25) is 0 Å². The Balaban J connectivity index is 0.000000845. The fourth-order valence-electron chi connectivity index (χ4n) is 1.80. The zero-order valence-electron chi connectivity index (χ0n) is 7.40. The zero-order chi connectivity index (χ0) is 8.44. The second kappa shape index (κ2) is 3.93. The highest BCUT2D eigenvalue weighted by Crippen LogP contribution is 2.41. The van der Waals surface area contributed by atoms with Gasteiger partial charge in [0.2, 0.25) is 0 Å². The van der Waals surface area contributed by atoms with E-state index in [2.05, 4.69) is 0 Å². The molecule has 1 nitrogen and oxygen atoms in total. The van der Waals surface area contributed by atoms with E-state index in [1.54, 1.807) is 0 Å². The molecule has 0 amide bonds. The highest BCUT2D eigenvalue weighted by molar-refractivity contribution is 5.85. The van der Waals surface area contributed by atoms with Crippen LogP contribution in [0.4, 0.5) is 0 Å². The van der Waals surface area contributed by atoms with E-state index < -0.39 is 0 Å². The molecule has 0 unspecified atom stereocenters. The molecule has 0 N–H and O–H groups in total. The van der Waals surface area contributed by atoms with E-state index >= 15 is 0 Å². The van der Waals surface area contributed by atoms with Gasteiger partial charge in [-0.2, -0.15) is 0 Å². The smallest absolute Gasteiger partial charge is 0.130 e. The van der Waals surface area contributed by atoms with Crippen LogP contribution >= 0.6 is 12.4 Å². The van der Waals surface area contributed by atoms with E-state index in [0.717, 1.165) is 19.1 Å². The molecule has 70 valence electrons. The highest BCUT2D eigenvalue weighted by Gasteiger charge is 2.37. The third-order valence-electron chi connectivity index (χ3n) is 2.82. The summed E-state index contributed by atoms with van der Waals surface area (Å²) in [5.74, 6) is 0. The molecule has 1 aliphatic rings. The predicted octanol–water partition coefficient (Wildman–Crippen LogP) is 2.73. The molecule has 0 radical (unpaired) electrons. The molecule has 1 aromatic rings. The normalized spacial score (nSPS) is 18.2. The van der Waals surface area contributed by atoms with Gasteiger partial charge in [0.15, 0.2) is 0 Å². The molecule has 2 rings (SSSR count). The van der Waals surface area contributed by atoms with Crippen LogP contribution in [0.25, 0.3) is 0 Å². The average molecular weight is 197 g/mol. The maximum atomic E-state index is 10.9. The largest absolute Gasteiger partial charge is 0.302 e. The third kappa shape index (κ3) is 1.61. The summed E-state index contributed by atoms with van der Waals surface area (Å²) in [6, 6.07) is 10.1. The van der Waals surface area contributed by atoms with Crippen molar-refractivity contribution >= 4 is 18.7 Å². The Bertz CT molecular complexity index is 277. The minimum atomic E-state index is -0.124. The van der Waals surface area contributed by atoms with E-state index in [1.807, 2.05) is 30.3 Å². The molecule has 0 saturated heterocycles. The van der Waals surface area contributed by atoms with Gasteiger partial charge in [0.25, 0.3) is 0 Å². The van der Waals surface area contributed by atoms with Crippen LogP contribution < -0.4 is 0 Å². The monoisotopic (exact) mass is 196 g/mol. The topological polar surface area (TPSA) is 17.1 Å². The van der Waals surface area contributed by atoms with Crippen LogP contribution in [0.5, 0.6) is 0 Å². The van der Waals surface area contributed by atoms with Gasteiger partial charge in [-0.25, -0.2) is 0 Å². The number of benzene rings is 1. The maximum absolute atomic E-state index is 10.9. The number of carbonyl (C=O) groups is 1. The molecule has 1 aromatic carbocycles. The molecule has 1 fully saturated rings. The van der Waals surface area contributed by atoms with Gasteiger partial charge >= 0.3 is 0 Å². The van der Waals surface area contributed by atoms with E-state index in [1.165, 1.54) is 12.0 Å². The van der Waals surface area contributed by atoms with Gasteiger partial charge < -0.3 is 4.79 Å². The first-order valence-electron chi connectivity index (χ1n) is 4.39. The Morgan fingerprint density at radius 2 is 1.77 bits per heavy atom. The number of hydrogen-bond donors (Lipinski definition) is 0. The summed E-state index contributed by atoms with van der Waals surface area (Å²) in [7, 11) is 0. The van der Waals surface area contributed by atoms with Crippen LogP contribution in [0.15, 0.2) is 30.3 Å². The molecule has 1 saturated carbocycles. The van der Waals surface area contributed by atoms with Crippen molar-refractivity contribution in [1.29, 1.82) is 0 Å². The number of hydrogen-bond acceptors (Lipinski definition) is 1. The van der Waals surface area contributed by atoms with Crippen LogP contribution in [0.3, 0.4) is 0 Å². The van der Waals surface area contributed by atoms with Crippen molar-refractivity contribution < 1.29 is 4.79 Å². The Morgan fingerprint density at radius 3 is 2.15 bits per heavy atom. The van der Waals surface area contributed by atoms with Gasteiger partial charge in [0.05, 0.1) is 5.41 Å². The fraction of sp³-hybridized carbons (Fsp3) is 0.364. The van der Waals surface area contributed by atoms with Crippen LogP contribution in [0, 0.1) is 0 Å². The predicted molar refractivity (Wildman–Crippen MR) is 55.3 cm³/mol. The maximum Gasteiger partial charge on any atom is 0.130 e. The Labute approximate surface area is 84.6 Å². The number of halogens is 1. The Morgan fingerprint density at radius 1 is 1.15 bits per heavy atom. The Kier molecular flexibility index (Phi) is 3.10. The van der Waals surface area contributed by atoms with Gasteiger partial charge in [0, 0.05) is 0 Å². The molecule has 0 bridgehead atoms. The molecule has 2 heteroatoms. The number of carbonyl (C=O) groups excluding carboxylic acids is 1. The molecular weight excluding hydrogens is 184 g/mol. The quantitative estimate of drug-likeness (QED) is 0.665. The molecule has 0 aromatic heterocycles.